The van der Waals surface area contributed by atoms with Crippen LogP contribution < -0.4 is 16.0 Å². The number of amides is 1. The van der Waals surface area contributed by atoms with E-state index in [9.17, 15) is 4.79 Å². The zero-order chi connectivity index (χ0) is 12.3. The van der Waals surface area contributed by atoms with E-state index in [-0.39, 0.29) is 5.91 Å². The Bertz CT molecular complexity index is 422. The van der Waals surface area contributed by atoms with Gasteiger partial charge in [-0.2, -0.15) is 0 Å². The number of carbonyl (C=O) groups is 1. The second kappa shape index (κ2) is 5.38. The van der Waals surface area contributed by atoms with E-state index in [0.29, 0.717) is 18.1 Å². The number of anilines is 1. The third-order valence-electron chi connectivity index (χ3n) is 2.90. The molecule has 0 aliphatic carbocycles. The van der Waals surface area contributed by atoms with Crippen LogP contribution in [-0.4, -0.2) is 25.5 Å². The Balaban J connectivity index is 2.31. The molecule has 0 aromatic heterocycles. The minimum atomic E-state index is 0.0467. The highest BCUT2D eigenvalue weighted by Gasteiger charge is 2.18. The number of hydrogen-bond donors (Lipinski definition) is 2. The molecule has 5 heteroatoms. The zero-order valence-corrected chi connectivity index (χ0v) is 10.3. The Morgan fingerprint density at radius 3 is 3.06 bits per heavy atom. The first-order valence-electron chi connectivity index (χ1n) is 5.71. The molecular formula is C12H16ClN3O. The topological polar surface area (TPSA) is 58.4 Å². The number of benzene rings is 1. The molecule has 1 aliphatic rings. The van der Waals surface area contributed by atoms with Crippen LogP contribution >= 0.6 is 11.6 Å². The van der Waals surface area contributed by atoms with Crippen molar-refractivity contribution < 1.29 is 4.79 Å². The van der Waals surface area contributed by atoms with Crippen molar-refractivity contribution in [1.29, 1.82) is 0 Å². The maximum atomic E-state index is 11.5. The molecule has 4 nitrogen and oxygen atoms in total. The predicted octanol–water partition coefficient (Wildman–Crippen LogP) is 1.12. The quantitative estimate of drug-likeness (QED) is 0.831. The Morgan fingerprint density at radius 1 is 1.47 bits per heavy atom. The van der Waals surface area contributed by atoms with Crippen LogP contribution in [0.25, 0.3) is 0 Å². The summed E-state index contributed by atoms with van der Waals surface area (Å²) >= 11 is 6.12. The van der Waals surface area contributed by atoms with Crippen molar-refractivity contribution in [1.82, 2.24) is 5.32 Å². The Kier molecular flexibility index (Phi) is 3.86. The van der Waals surface area contributed by atoms with Gasteiger partial charge in [-0.3, -0.25) is 4.79 Å². The van der Waals surface area contributed by atoms with E-state index in [1.165, 1.54) is 0 Å². The molecule has 1 aromatic carbocycles. The average Bonchev–Trinajstić information content (AvgIpc) is 2.53. The van der Waals surface area contributed by atoms with E-state index < -0.39 is 0 Å². The van der Waals surface area contributed by atoms with Gasteiger partial charge < -0.3 is 16.0 Å². The molecule has 0 unspecified atom stereocenters. The molecule has 1 saturated heterocycles. The Hall–Kier alpha value is -1.26. The number of nitrogens with zero attached hydrogens (tertiary/aromatic N) is 1. The monoisotopic (exact) mass is 253 g/mol. The molecule has 1 aliphatic heterocycles. The van der Waals surface area contributed by atoms with Crippen LogP contribution in [0.5, 0.6) is 0 Å². The second-order valence-electron chi connectivity index (χ2n) is 4.07. The first-order chi connectivity index (χ1) is 8.22. The number of nitrogens with two attached hydrogens (primary N) is 1. The van der Waals surface area contributed by atoms with Crippen LogP contribution in [0.15, 0.2) is 18.2 Å². The molecular weight excluding hydrogens is 238 g/mol. The van der Waals surface area contributed by atoms with Gasteiger partial charge >= 0.3 is 0 Å². The van der Waals surface area contributed by atoms with Gasteiger partial charge in [0.1, 0.15) is 0 Å². The van der Waals surface area contributed by atoms with Crippen LogP contribution in [0.1, 0.15) is 12.0 Å². The SMILES string of the molecule is NCc1c(Cl)cccc1N1CCCNC(=O)C1. The van der Waals surface area contributed by atoms with Crippen LogP contribution in [0.2, 0.25) is 5.02 Å². The number of halogens is 1. The van der Waals surface area contributed by atoms with Crippen molar-refractivity contribution in [2.24, 2.45) is 5.73 Å². The first kappa shape index (κ1) is 12.2. The van der Waals surface area contributed by atoms with Crippen molar-refractivity contribution in [3.05, 3.63) is 28.8 Å². The predicted molar refractivity (Wildman–Crippen MR) is 69.2 cm³/mol. The summed E-state index contributed by atoms with van der Waals surface area (Å²) in [4.78, 5) is 13.6. The summed E-state index contributed by atoms with van der Waals surface area (Å²) in [6, 6.07) is 5.68. The summed E-state index contributed by atoms with van der Waals surface area (Å²) in [5, 5.41) is 3.51. The molecule has 17 heavy (non-hydrogen) atoms. The minimum Gasteiger partial charge on any atom is -0.362 e. The van der Waals surface area contributed by atoms with Crippen LogP contribution in [0.4, 0.5) is 5.69 Å². The standard InChI is InChI=1S/C12H16ClN3O/c13-10-3-1-4-11(9(10)7-14)16-6-2-5-15-12(17)8-16/h1,3-4H,2,5-8,14H2,(H,15,17). The highest BCUT2D eigenvalue weighted by atomic mass is 35.5. The van der Waals surface area contributed by atoms with Crippen LogP contribution in [-0.2, 0) is 11.3 Å². The van der Waals surface area contributed by atoms with Gasteiger partial charge in [-0.1, -0.05) is 17.7 Å². The largest absolute Gasteiger partial charge is 0.362 e. The molecule has 0 radical (unpaired) electrons. The molecule has 0 atom stereocenters. The average molecular weight is 254 g/mol. The molecule has 1 heterocycles. The van der Waals surface area contributed by atoms with Gasteiger partial charge in [-0.25, -0.2) is 0 Å². The maximum absolute atomic E-state index is 11.5. The Labute approximate surface area is 106 Å². The van der Waals surface area contributed by atoms with Crippen LogP contribution in [0, 0.1) is 0 Å². The summed E-state index contributed by atoms with van der Waals surface area (Å²) < 4.78 is 0. The summed E-state index contributed by atoms with van der Waals surface area (Å²) in [6.45, 7) is 2.32. The fraction of sp³-hybridized carbons (Fsp3) is 0.417. The van der Waals surface area contributed by atoms with E-state index >= 15 is 0 Å². The number of hydrogen-bond acceptors (Lipinski definition) is 3. The lowest BCUT2D eigenvalue weighted by Crippen LogP contribution is -2.33. The summed E-state index contributed by atoms with van der Waals surface area (Å²) in [6.07, 6.45) is 0.933. The van der Waals surface area contributed by atoms with E-state index in [1.807, 2.05) is 23.1 Å². The maximum Gasteiger partial charge on any atom is 0.239 e. The van der Waals surface area contributed by atoms with E-state index in [2.05, 4.69) is 5.32 Å². The third kappa shape index (κ3) is 2.70. The molecule has 1 amide bonds. The van der Waals surface area contributed by atoms with Gasteiger partial charge in [-0.05, 0) is 18.6 Å². The molecule has 92 valence electrons. The first-order valence-corrected chi connectivity index (χ1v) is 6.09. The number of carbonyl (C=O) groups excluding carboxylic acids is 1. The van der Waals surface area contributed by atoms with Gasteiger partial charge in [0.25, 0.3) is 0 Å². The van der Waals surface area contributed by atoms with Crippen molar-refractivity contribution in [3.63, 3.8) is 0 Å². The summed E-state index contributed by atoms with van der Waals surface area (Å²) in [5.74, 6) is 0.0467. The Morgan fingerprint density at radius 2 is 2.29 bits per heavy atom. The van der Waals surface area contributed by atoms with Crippen molar-refractivity contribution in [2.75, 3.05) is 24.5 Å². The lowest BCUT2D eigenvalue weighted by molar-refractivity contribution is -0.119. The molecule has 1 fully saturated rings. The van der Waals surface area contributed by atoms with Crippen molar-refractivity contribution in [2.45, 2.75) is 13.0 Å². The molecule has 0 saturated carbocycles. The fourth-order valence-corrected chi connectivity index (χ4v) is 2.30. The van der Waals surface area contributed by atoms with Gasteiger partial charge in [0, 0.05) is 35.9 Å². The smallest absolute Gasteiger partial charge is 0.239 e. The molecule has 1 aromatic rings. The van der Waals surface area contributed by atoms with E-state index in [1.54, 1.807) is 0 Å². The van der Waals surface area contributed by atoms with Crippen molar-refractivity contribution >= 4 is 23.2 Å². The molecule has 3 N–H and O–H groups in total. The summed E-state index contributed by atoms with van der Waals surface area (Å²) in [5.41, 5.74) is 7.60. The lowest BCUT2D eigenvalue weighted by Gasteiger charge is -2.24. The van der Waals surface area contributed by atoms with E-state index in [4.69, 9.17) is 17.3 Å². The summed E-state index contributed by atoms with van der Waals surface area (Å²) in [7, 11) is 0. The van der Waals surface area contributed by atoms with Gasteiger partial charge in [0.2, 0.25) is 5.91 Å². The van der Waals surface area contributed by atoms with Crippen molar-refractivity contribution in [3.8, 4) is 0 Å². The van der Waals surface area contributed by atoms with Gasteiger partial charge in [0.05, 0.1) is 6.54 Å². The second-order valence-corrected chi connectivity index (χ2v) is 4.47. The molecule has 2 rings (SSSR count). The van der Waals surface area contributed by atoms with Gasteiger partial charge in [-0.15, -0.1) is 0 Å². The number of nitrogens with one attached hydrogen (secondary N) is 1. The molecule has 0 bridgehead atoms. The lowest BCUT2D eigenvalue weighted by atomic mass is 10.1. The third-order valence-corrected chi connectivity index (χ3v) is 3.25. The normalized spacial score (nSPS) is 16.6. The van der Waals surface area contributed by atoms with Crippen LogP contribution in [0.3, 0.4) is 0 Å². The highest BCUT2D eigenvalue weighted by molar-refractivity contribution is 6.31. The fourth-order valence-electron chi connectivity index (χ4n) is 2.06. The zero-order valence-electron chi connectivity index (χ0n) is 9.58. The van der Waals surface area contributed by atoms with E-state index in [0.717, 1.165) is 30.8 Å². The minimum absolute atomic E-state index is 0.0467. The number of rotatable bonds is 2. The highest BCUT2D eigenvalue weighted by Crippen LogP contribution is 2.27. The molecule has 0 spiro atoms. The van der Waals surface area contributed by atoms with Gasteiger partial charge in [0.15, 0.2) is 0 Å².